The van der Waals surface area contributed by atoms with E-state index in [1.165, 1.54) is 6.07 Å². The van der Waals surface area contributed by atoms with Gasteiger partial charge in [0.2, 0.25) is 0 Å². The zero-order valence-electron chi connectivity index (χ0n) is 16.5. The summed E-state index contributed by atoms with van der Waals surface area (Å²) in [6, 6.07) is 9.73. The molecular formula is C21H22F3N3O3. The van der Waals surface area contributed by atoms with Gasteiger partial charge in [0.25, 0.3) is 0 Å². The first-order valence-corrected chi connectivity index (χ1v) is 9.33. The Morgan fingerprint density at radius 3 is 2.60 bits per heavy atom. The minimum Gasteiger partial charge on any atom is -0.493 e. The van der Waals surface area contributed by atoms with E-state index in [1.54, 1.807) is 0 Å². The van der Waals surface area contributed by atoms with Crippen LogP contribution in [-0.2, 0) is 22.2 Å². The summed E-state index contributed by atoms with van der Waals surface area (Å²) < 4.78 is 43.9. The van der Waals surface area contributed by atoms with Crippen LogP contribution in [0.25, 0.3) is 0 Å². The molecule has 1 aliphatic heterocycles. The normalized spacial score (nSPS) is 14.1. The van der Waals surface area contributed by atoms with Crippen molar-refractivity contribution in [3.63, 3.8) is 0 Å². The lowest BCUT2D eigenvalue weighted by Gasteiger charge is -2.25. The van der Waals surface area contributed by atoms with E-state index in [0.717, 1.165) is 41.5 Å². The highest BCUT2D eigenvalue weighted by atomic mass is 19.4. The summed E-state index contributed by atoms with van der Waals surface area (Å²) in [4.78, 5) is 26.2. The third kappa shape index (κ3) is 5.10. The van der Waals surface area contributed by atoms with Crippen molar-refractivity contribution in [3.8, 4) is 5.75 Å². The molecular weight excluding hydrogens is 399 g/mol. The molecule has 0 bridgehead atoms. The number of nitrogens with zero attached hydrogens (tertiary/aromatic N) is 1. The summed E-state index contributed by atoms with van der Waals surface area (Å²) >= 11 is 0. The molecule has 0 aromatic heterocycles. The third-order valence-electron chi connectivity index (χ3n) is 4.83. The lowest BCUT2D eigenvalue weighted by molar-refractivity contribution is -0.137. The topological polar surface area (TPSA) is 70.7 Å². The summed E-state index contributed by atoms with van der Waals surface area (Å²) in [6.45, 7) is 0.791. The lowest BCUT2D eigenvalue weighted by atomic mass is 10.0. The Labute approximate surface area is 172 Å². The van der Waals surface area contributed by atoms with Gasteiger partial charge in [0.15, 0.2) is 0 Å². The number of halogens is 3. The standard InChI is InChI=1S/C21H22F3N3O3/c1-27(2)17(13-6-7-18-14(10-13)8-9-30-18)12-25-19(28)20(29)26-16-5-3-4-15(11-16)21(22,23)24/h3-7,10-11,17H,8-9,12H2,1-2H3,(H,25,28)(H,26,29). The number of amides is 2. The van der Waals surface area contributed by atoms with Crippen LogP contribution in [0.2, 0.25) is 0 Å². The van der Waals surface area contributed by atoms with E-state index >= 15 is 0 Å². The molecule has 0 saturated heterocycles. The first-order valence-electron chi connectivity index (χ1n) is 9.33. The largest absolute Gasteiger partial charge is 0.493 e. The highest BCUT2D eigenvalue weighted by Crippen LogP contribution is 2.31. The van der Waals surface area contributed by atoms with E-state index in [-0.39, 0.29) is 18.3 Å². The van der Waals surface area contributed by atoms with Crippen molar-refractivity contribution in [1.29, 1.82) is 0 Å². The zero-order chi connectivity index (χ0) is 21.9. The number of alkyl halides is 3. The van der Waals surface area contributed by atoms with E-state index in [2.05, 4.69) is 10.6 Å². The molecule has 2 amide bonds. The molecule has 30 heavy (non-hydrogen) atoms. The third-order valence-corrected chi connectivity index (χ3v) is 4.83. The van der Waals surface area contributed by atoms with Crippen molar-refractivity contribution in [2.24, 2.45) is 0 Å². The number of nitrogens with one attached hydrogen (secondary N) is 2. The average molecular weight is 421 g/mol. The maximum atomic E-state index is 12.8. The van der Waals surface area contributed by atoms with Gasteiger partial charge in [0, 0.05) is 18.7 Å². The number of fused-ring (bicyclic) bond motifs is 1. The number of benzene rings is 2. The van der Waals surface area contributed by atoms with Crippen LogP contribution in [-0.4, -0.2) is 44.0 Å². The number of likely N-dealkylation sites (N-methyl/N-ethyl adjacent to an activating group) is 1. The Hall–Kier alpha value is -3.07. The SMILES string of the molecule is CN(C)C(CNC(=O)C(=O)Nc1cccc(C(F)(F)F)c1)c1ccc2c(c1)CCO2. The molecule has 1 unspecified atom stereocenters. The Morgan fingerprint density at radius 1 is 1.13 bits per heavy atom. The van der Waals surface area contributed by atoms with Gasteiger partial charge >= 0.3 is 18.0 Å². The molecule has 2 N–H and O–H groups in total. The van der Waals surface area contributed by atoms with Gasteiger partial charge < -0.3 is 20.3 Å². The van der Waals surface area contributed by atoms with Crippen LogP contribution >= 0.6 is 0 Å². The molecule has 0 aliphatic carbocycles. The van der Waals surface area contributed by atoms with E-state index in [9.17, 15) is 22.8 Å². The maximum absolute atomic E-state index is 12.8. The molecule has 2 aromatic carbocycles. The Kier molecular flexibility index (Phi) is 6.31. The summed E-state index contributed by atoms with van der Waals surface area (Å²) in [6.07, 6.45) is -3.72. The highest BCUT2D eigenvalue weighted by Gasteiger charge is 2.30. The molecule has 0 spiro atoms. The smallest absolute Gasteiger partial charge is 0.416 e. The van der Waals surface area contributed by atoms with Gasteiger partial charge in [-0.05, 0) is 49.5 Å². The summed E-state index contributed by atoms with van der Waals surface area (Å²) in [7, 11) is 3.70. The van der Waals surface area contributed by atoms with Crippen LogP contribution < -0.4 is 15.4 Å². The van der Waals surface area contributed by atoms with Crippen LogP contribution in [0.1, 0.15) is 22.7 Å². The van der Waals surface area contributed by atoms with E-state index < -0.39 is 23.6 Å². The van der Waals surface area contributed by atoms with Gasteiger partial charge in [-0.2, -0.15) is 13.2 Å². The second-order valence-electron chi connectivity index (χ2n) is 7.19. The molecule has 6 nitrogen and oxygen atoms in total. The van der Waals surface area contributed by atoms with Crippen molar-refractivity contribution in [1.82, 2.24) is 10.2 Å². The van der Waals surface area contributed by atoms with E-state index in [4.69, 9.17) is 4.74 Å². The first kappa shape index (κ1) is 21.6. The quantitative estimate of drug-likeness (QED) is 0.729. The predicted molar refractivity (Wildman–Crippen MR) is 105 cm³/mol. The Balaban J connectivity index is 1.62. The minimum absolute atomic E-state index is 0.104. The molecule has 1 atom stereocenters. The van der Waals surface area contributed by atoms with E-state index in [1.807, 2.05) is 37.2 Å². The van der Waals surface area contributed by atoms with Crippen LogP contribution in [0.4, 0.5) is 18.9 Å². The second kappa shape index (κ2) is 8.74. The molecule has 1 heterocycles. The fourth-order valence-corrected chi connectivity index (χ4v) is 3.24. The predicted octanol–water partition coefficient (Wildman–Crippen LogP) is 3.00. The number of ether oxygens (including phenoxy) is 1. The van der Waals surface area contributed by atoms with Gasteiger partial charge in [-0.15, -0.1) is 0 Å². The van der Waals surface area contributed by atoms with Gasteiger partial charge in [-0.3, -0.25) is 9.59 Å². The van der Waals surface area contributed by atoms with Crippen molar-refractivity contribution < 1.29 is 27.5 Å². The van der Waals surface area contributed by atoms with Crippen LogP contribution in [0, 0.1) is 0 Å². The van der Waals surface area contributed by atoms with Crippen molar-refractivity contribution in [2.45, 2.75) is 18.6 Å². The number of rotatable bonds is 5. The number of hydrogen-bond donors (Lipinski definition) is 2. The summed E-state index contributed by atoms with van der Waals surface area (Å²) in [5.41, 5.74) is 1.04. The molecule has 1 aliphatic rings. The molecule has 0 saturated carbocycles. The van der Waals surface area contributed by atoms with Crippen molar-refractivity contribution in [2.75, 3.05) is 32.6 Å². The Morgan fingerprint density at radius 2 is 1.90 bits per heavy atom. The first-order chi connectivity index (χ1) is 14.1. The molecule has 160 valence electrons. The average Bonchev–Trinajstić information content (AvgIpc) is 3.15. The monoisotopic (exact) mass is 421 g/mol. The molecule has 2 aromatic rings. The number of carbonyl (C=O) groups excluding carboxylic acids is 2. The van der Waals surface area contributed by atoms with Crippen molar-refractivity contribution >= 4 is 17.5 Å². The fourth-order valence-electron chi connectivity index (χ4n) is 3.24. The fraction of sp³-hybridized carbons (Fsp3) is 0.333. The van der Waals surface area contributed by atoms with Crippen molar-refractivity contribution in [3.05, 3.63) is 59.2 Å². The summed E-state index contributed by atoms with van der Waals surface area (Å²) in [5.74, 6) is -1.11. The molecule has 9 heteroatoms. The lowest BCUT2D eigenvalue weighted by Crippen LogP contribution is -2.40. The number of anilines is 1. The molecule has 0 fully saturated rings. The van der Waals surface area contributed by atoms with E-state index in [0.29, 0.717) is 6.61 Å². The number of carbonyl (C=O) groups is 2. The maximum Gasteiger partial charge on any atom is 0.416 e. The van der Waals surface area contributed by atoms with Gasteiger partial charge in [-0.25, -0.2) is 0 Å². The second-order valence-corrected chi connectivity index (χ2v) is 7.19. The van der Waals surface area contributed by atoms with Gasteiger partial charge in [-0.1, -0.05) is 18.2 Å². The highest BCUT2D eigenvalue weighted by molar-refractivity contribution is 6.39. The van der Waals surface area contributed by atoms with Crippen LogP contribution in [0.5, 0.6) is 5.75 Å². The van der Waals surface area contributed by atoms with Crippen LogP contribution in [0.15, 0.2) is 42.5 Å². The Bertz CT molecular complexity index is 945. The van der Waals surface area contributed by atoms with Gasteiger partial charge in [0.05, 0.1) is 18.2 Å². The summed E-state index contributed by atoms with van der Waals surface area (Å²) in [5, 5.41) is 4.75. The van der Waals surface area contributed by atoms with Gasteiger partial charge in [0.1, 0.15) is 5.75 Å². The molecule has 0 radical (unpaired) electrons. The number of hydrogen-bond acceptors (Lipinski definition) is 4. The minimum atomic E-state index is -4.54. The zero-order valence-corrected chi connectivity index (χ0v) is 16.5. The van der Waals surface area contributed by atoms with Crippen LogP contribution in [0.3, 0.4) is 0 Å². The molecule has 3 rings (SSSR count).